The van der Waals surface area contributed by atoms with Crippen molar-refractivity contribution < 1.29 is 10.1 Å². The Morgan fingerprint density at radius 3 is 2.89 bits per heavy atom. The molecule has 0 radical (unpaired) electrons. The highest BCUT2D eigenvalue weighted by atomic mass is 32.2. The normalized spacial score (nSPS) is 13.7. The van der Waals surface area contributed by atoms with Gasteiger partial charge in [-0.05, 0) is 18.4 Å². The SMILES string of the molecule is CSCCC(N)COO. The van der Waals surface area contributed by atoms with Crippen molar-refractivity contribution in [2.24, 2.45) is 5.73 Å². The molecule has 0 saturated carbocycles. The number of hydrogen-bond donors (Lipinski definition) is 2. The van der Waals surface area contributed by atoms with Gasteiger partial charge in [0.25, 0.3) is 0 Å². The summed E-state index contributed by atoms with van der Waals surface area (Å²) >= 11 is 1.74. The maximum Gasteiger partial charge on any atom is 0.0970 e. The minimum Gasteiger partial charge on any atom is -0.326 e. The van der Waals surface area contributed by atoms with E-state index in [4.69, 9.17) is 11.0 Å². The molecule has 0 aliphatic carbocycles. The summed E-state index contributed by atoms with van der Waals surface area (Å²) in [5.41, 5.74) is 5.47. The summed E-state index contributed by atoms with van der Waals surface area (Å²) in [6.45, 7) is 0.237. The molecule has 0 aromatic heterocycles. The molecule has 0 rings (SSSR count). The lowest BCUT2D eigenvalue weighted by Gasteiger charge is -2.06. The van der Waals surface area contributed by atoms with Crippen molar-refractivity contribution in [3.05, 3.63) is 0 Å². The van der Waals surface area contributed by atoms with Gasteiger partial charge in [-0.25, -0.2) is 4.89 Å². The standard InChI is InChI=1S/C5H13NO2S/c1-9-3-2-5(6)4-8-7/h5,7H,2-4,6H2,1H3. The Kier molecular flexibility index (Phi) is 6.51. The van der Waals surface area contributed by atoms with Gasteiger partial charge in [-0.15, -0.1) is 0 Å². The van der Waals surface area contributed by atoms with Crippen LogP contribution < -0.4 is 5.73 Å². The summed E-state index contributed by atoms with van der Waals surface area (Å²) in [6.07, 6.45) is 2.91. The van der Waals surface area contributed by atoms with Crippen LogP contribution in [0, 0.1) is 0 Å². The van der Waals surface area contributed by atoms with Crippen LogP contribution >= 0.6 is 11.8 Å². The van der Waals surface area contributed by atoms with Crippen molar-refractivity contribution in [3.8, 4) is 0 Å². The summed E-state index contributed by atoms with van der Waals surface area (Å²) in [7, 11) is 0. The summed E-state index contributed by atoms with van der Waals surface area (Å²) in [5.74, 6) is 1.02. The monoisotopic (exact) mass is 151 g/mol. The maximum atomic E-state index is 7.95. The second-order valence-electron chi connectivity index (χ2n) is 1.84. The maximum absolute atomic E-state index is 7.95. The third-order valence-corrected chi connectivity index (χ3v) is 1.63. The van der Waals surface area contributed by atoms with E-state index >= 15 is 0 Å². The fourth-order valence-electron chi connectivity index (χ4n) is 0.448. The van der Waals surface area contributed by atoms with Crippen molar-refractivity contribution in [1.82, 2.24) is 0 Å². The zero-order valence-corrected chi connectivity index (χ0v) is 6.36. The van der Waals surface area contributed by atoms with Gasteiger partial charge in [-0.1, -0.05) is 0 Å². The van der Waals surface area contributed by atoms with Crippen molar-refractivity contribution in [2.75, 3.05) is 18.6 Å². The topological polar surface area (TPSA) is 55.5 Å². The lowest BCUT2D eigenvalue weighted by molar-refractivity contribution is -0.245. The molecule has 0 aliphatic heterocycles. The summed E-state index contributed by atoms with van der Waals surface area (Å²) in [4.78, 5) is 3.87. The molecule has 0 spiro atoms. The number of thioether (sulfide) groups is 1. The minimum atomic E-state index is -0.0255. The minimum absolute atomic E-state index is 0.0255. The third-order valence-electron chi connectivity index (χ3n) is 0.981. The van der Waals surface area contributed by atoms with Crippen LogP contribution in [0.25, 0.3) is 0 Å². The highest BCUT2D eigenvalue weighted by molar-refractivity contribution is 7.98. The first-order chi connectivity index (χ1) is 4.31. The van der Waals surface area contributed by atoms with Crippen LogP contribution in [0.1, 0.15) is 6.42 Å². The molecular weight excluding hydrogens is 138 g/mol. The molecule has 0 aromatic carbocycles. The first kappa shape index (κ1) is 9.23. The summed E-state index contributed by atoms with van der Waals surface area (Å²) in [6, 6.07) is -0.0255. The number of nitrogens with two attached hydrogens (primary N) is 1. The van der Waals surface area contributed by atoms with E-state index in [9.17, 15) is 0 Å². The van der Waals surface area contributed by atoms with E-state index < -0.39 is 0 Å². The van der Waals surface area contributed by atoms with Gasteiger partial charge in [0.05, 0.1) is 6.61 Å². The van der Waals surface area contributed by atoms with Gasteiger partial charge in [0.15, 0.2) is 0 Å². The van der Waals surface area contributed by atoms with Crippen molar-refractivity contribution in [3.63, 3.8) is 0 Å². The highest BCUT2D eigenvalue weighted by Gasteiger charge is 1.99. The summed E-state index contributed by atoms with van der Waals surface area (Å²) in [5, 5.41) is 7.95. The van der Waals surface area contributed by atoms with Gasteiger partial charge >= 0.3 is 0 Å². The average molecular weight is 151 g/mol. The molecule has 4 heteroatoms. The van der Waals surface area contributed by atoms with Gasteiger partial charge in [0, 0.05) is 6.04 Å². The van der Waals surface area contributed by atoms with Crippen LogP contribution in [0.5, 0.6) is 0 Å². The highest BCUT2D eigenvalue weighted by Crippen LogP contribution is 1.97. The zero-order valence-electron chi connectivity index (χ0n) is 5.54. The molecule has 0 aliphatic rings. The second-order valence-corrected chi connectivity index (χ2v) is 2.82. The zero-order chi connectivity index (χ0) is 7.11. The number of hydrogen-bond acceptors (Lipinski definition) is 4. The van der Waals surface area contributed by atoms with Crippen LogP contribution in [-0.4, -0.2) is 29.9 Å². The Hall–Kier alpha value is 0.230. The first-order valence-electron chi connectivity index (χ1n) is 2.82. The Balaban J connectivity index is 2.95. The van der Waals surface area contributed by atoms with E-state index in [0.29, 0.717) is 0 Å². The van der Waals surface area contributed by atoms with Crippen LogP contribution in [0.4, 0.5) is 0 Å². The van der Waals surface area contributed by atoms with Crippen molar-refractivity contribution in [2.45, 2.75) is 12.5 Å². The fourth-order valence-corrected chi connectivity index (χ4v) is 0.987. The van der Waals surface area contributed by atoms with E-state index in [0.717, 1.165) is 12.2 Å². The van der Waals surface area contributed by atoms with E-state index in [1.54, 1.807) is 11.8 Å². The van der Waals surface area contributed by atoms with Crippen LogP contribution in [0.2, 0.25) is 0 Å². The predicted molar refractivity (Wildman–Crippen MR) is 39.6 cm³/mol. The first-order valence-corrected chi connectivity index (χ1v) is 4.21. The Bertz CT molecular complexity index is 62.9. The van der Waals surface area contributed by atoms with Gasteiger partial charge in [-0.3, -0.25) is 5.26 Å². The molecule has 0 aromatic rings. The second kappa shape index (κ2) is 6.35. The Labute approximate surface area is 59.5 Å². The molecule has 0 fully saturated rings. The molecule has 0 heterocycles. The van der Waals surface area contributed by atoms with Crippen LogP contribution in [0.3, 0.4) is 0 Å². The van der Waals surface area contributed by atoms with E-state index in [2.05, 4.69) is 4.89 Å². The largest absolute Gasteiger partial charge is 0.326 e. The molecule has 9 heavy (non-hydrogen) atoms. The molecule has 3 nitrogen and oxygen atoms in total. The van der Waals surface area contributed by atoms with Gasteiger partial charge in [0.1, 0.15) is 0 Å². The van der Waals surface area contributed by atoms with Gasteiger partial charge in [-0.2, -0.15) is 11.8 Å². The van der Waals surface area contributed by atoms with E-state index in [1.807, 2.05) is 6.26 Å². The quantitative estimate of drug-likeness (QED) is 0.445. The molecule has 0 saturated heterocycles. The molecule has 0 bridgehead atoms. The molecule has 0 amide bonds. The number of rotatable bonds is 5. The van der Waals surface area contributed by atoms with E-state index in [1.165, 1.54) is 0 Å². The fraction of sp³-hybridized carbons (Fsp3) is 1.00. The lowest BCUT2D eigenvalue weighted by Crippen LogP contribution is -2.26. The smallest absolute Gasteiger partial charge is 0.0970 e. The lowest BCUT2D eigenvalue weighted by atomic mass is 10.3. The molecular formula is C5H13NO2S. The van der Waals surface area contributed by atoms with Crippen molar-refractivity contribution >= 4 is 11.8 Å². The summed E-state index contributed by atoms with van der Waals surface area (Å²) < 4.78 is 0. The van der Waals surface area contributed by atoms with Crippen molar-refractivity contribution in [1.29, 1.82) is 0 Å². The molecule has 1 unspecified atom stereocenters. The Morgan fingerprint density at radius 2 is 2.44 bits per heavy atom. The molecule has 1 atom stereocenters. The van der Waals surface area contributed by atoms with Crippen LogP contribution in [0.15, 0.2) is 0 Å². The third kappa shape index (κ3) is 6.11. The van der Waals surface area contributed by atoms with E-state index in [-0.39, 0.29) is 12.6 Å². The molecule has 56 valence electrons. The van der Waals surface area contributed by atoms with Gasteiger partial charge < -0.3 is 5.73 Å². The average Bonchev–Trinajstić information content (AvgIpc) is 1.85. The van der Waals surface area contributed by atoms with Gasteiger partial charge in [0.2, 0.25) is 0 Å². The predicted octanol–water partition coefficient (Wildman–Crippen LogP) is 0.556. The van der Waals surface area contributed by atoms with Crippen LogP contribution in [-0.2, 0) is 4.89 Å². The Morgan fingerprint density at radius 1 is 1.78 bits per heavy atom. The molecule has 3 N–H and O–H groups in total.